The Balaban J connectivity index is 0.00000101. The van der Waals surface area contributed by atoms with Crippen LogP contribution in [-0.4, -0.2) is 58.1 Å². The molecule has 2 aliphatic heterocycles. The lowest BCUT2D eigenvalue weighted by molar-refractivity contribution is -0.197. The van der Waals surface area contributed by atoms with E-state index in [1.807, 2.05) is 14.1 Å². The van der Waals surface area contributed by atoms with Gasteiger partial charge in [-0.2, -0.15) is 8.42 Å². The van der Waals surface area contributed by atoms with Crippen molar-refractivity contribution in [3.63, 3.8) is 0 Å². The van der Waals surface area contributed by atoms with Crippen LogP contribution < -0.4 is 10.1 Å². The molecule has 0 radical (unpaired) electrons. The van der Waals surface area contributed by atoms with Crippen molar-refractivity contribution in [3.05, 3.63) is 23.3 Å². The van der Waals surface area contributed by atoms with E-state index in [0.29, 0.717) is 29.9 Å². The molecule has 1 aromatic rings. The summed E-state index contributed by atoms with van der Waals surface area (Å²) in [5.74, 6) is -0.656. The monoisotopic (exact) mass is 451 g/mol. The van der Waals surface area contributed by atoms with Gasteiger partial charge in [-0.15, -0.1) is 0 Å². The van der Waals surface area contributed by atoms with Crippen molar-refractivity contribution >= 4 is 10.1 Å². The summed E-state index contributed by atoms with van der Waals surface area (Å²) in [5, 5.41) is 2.75. The van der Waals surface area contributed by atoms with Crippen LogP contribution in [0.5, 0.6) is 5.75 Å². The van der Waals surface area contributed by atoms with E-state index in [0.717, 1.165) is 0 Å². The van der Waals surface area contributed by atoms with Crippen LogP contribution in [-0.2, 0) is 31.4 Å². The van der Waals surface area contributed by atoms with Gasteiger partial charge in [0.15, 0.2) is 11.4 Å². The minimum atomic E-state index is -4.44. The Hall–Kier alpha value is -1.33. The van der Waals surface area contributed by atoms with Crippen LogP contribution in [0, 0.1) is 0 Å². The third-order valence-electron chi connectivity index (χ3n) is 5.04. The lowest BCUT2D eigenvalue weighted by Gasteiger charge is -2.37. The summed E-state index contributed by atoms with van der Waals surface area (Å²) in [7, 11) is -0.694. The molecule has 1 saturated heterocycles. The van der Waals surface area contributed by atoms with Gasteiger partial charge in [0.25, 0.3) is 16.5 Å². The van der Waals surface area contributed by atoms with Gasteiger partial charge < -0.3 is 19.5 Å². The summed E-state index contributed by atoms with van der Waals surface area (Å²) in [6, 6.07) is 2.65. The van der Waals surface area contributed by atoms with E-state index in [2.05, 4.69) is 5.32 Å². The number of hydrogen-bond donors (Lipinski definition) is 2. The molecule has 0 aliphatic carbocycles. The van der Waals surface area contributed by atoms with Crippen LogP contribution in [0.1, 0.15) is 45.2 Å². The van der Waals surface area contributed by atoms with E-state index in [1.165, 1.54) is 12.1 Å². The second-order valence-electron chi connectivity index (χ2n) is 8.75. The van der Waals surface area contributed by atoms with Crippen LogP contribution in [0.15, 0.2) is 17.0 Å². The topological polar surface area (TPSA) is 94.1 Å². The van der Waals surface area contributed by atoms with Gasteiger partial charge in [-0.05, 0) is 57.5 Å². The molecule has 2 heterocycles. The van der Waals surface area contributed by atoms with Gasteiger partial charge in [0.05, 0.1) is 18.1 Å². The first-order valence-electron chi connectivity index (χ1n) is 9.66. The quantitative estimate of drug-likeness (QED) is 0.664. The Labute approximate surface area is 176 Å². The smallest absolute Gasteiger partial charge is 0.294 e. The van der Waals surface area contributed by atoms with Crippen molar-refractivity contribution in [2.45, 2.75) is 68.7 Å². The molecule has 30 heavy (non-hydrogen) atoms. The predicted molar refractivity (Wildman–Crippen MR) is 108 cm³/mol. The third-order valence-corrected chi connectivity index (χ3v) is 5.87. The number of alkyl halides is 2. The maximum atomic E-state index is 14.0. The molecule has 2 N–H and O–H groups in total. The van der Waals surface area contributed by atoms with Gasteiger partial charge >= 0.3 is 0 Å². The molecule has 1 aromatic carbocycles. The van der Waals surface area contributed by atoms with Crippen molar-refractivity contribution in [2.24, 2.45) is 0 Å². The van der Waals surface area contributed by atoms with E-state index < -0.39 is 33.3 Å². The summed E-state index contributed by atoms with van der Waals surface area (Å²) >= 11 is 0. The van der Waals surface area contributed by atoms with Crippen LogP contribution in [0.2, 0.25) is 0 Å². The minimum Gasteiger partial charge on any atom is -0.493 e. The van der Waals surface area contributed by atoms with Gasteiger partial charge in [-0.25, -0.2) is 8.78 Å². The van der Waals surface area contributed by atoms with Crippen molar-refractivity contribution < 1.29 is 36.0 Å². The molecular weight excluding hydrogens is 420 g/mol. The number of ether oxygens (including phenoxy) is 3. The highest BCUT2D eigenvalue weighted by Crippen LogP contribution is 2.47. The molecule has 7 nitrogen and oxygen atoms in total. The van der Waals surface area contributed by atoms with E-state index in [1.54, 1.807) is 27.7 Å². The van der Waals surface area contributed by atoms with Crippen LogP contribution in [0.25, 0.3) is 0 Å². The van der Waals surface area contributed by atoms with Gasteiger partial charge in [0, 0.05) is 12.0 Å². The van der Waals surface area contributed by atoms with Crippen LogP contribution in [0.4, 0.5) is 8.78 Å². The number of fused-ring (bicyclic) bond motifs is 1. The second kappa shape index (κ2) is 8.66. The molecule has 10 heteroatoms. The zero-order chi connectivity index (χ0) is 23.0. The Morgan fingerprint density at radius 1 is 1.27 bits per heavy atom. The van der Waals surface area contributed by atoms with E-state index in [9.17, 15) is 21.8 Å². The zero-order valence-electron chi connectivity index (χ0n) is 18.2. The maximum absolute atomic E-state index is 14.0. The largest absolute Gasteiger partial charge is 0.493 e. The highest BCUT2D eigenvalue weighted by Gasteiger charge is 2.55. The fourth-order valence-electron chi connectivity index (χ4n) is 3.89. The number of halogens is 2. The van der Waals surface area contributed by atoms with Gasteiger partial charge in [-0.1, -0.05) is 13.8 Å². The Bertz CT molecular complexity index is 872. The molecule has 2 aliphatic rings. The summed E-state index contributed by atoms with van der Waals surface area (Å²) < 4.78 is 77.3. The lowest BCUT2D eigenvalue weighted by Crippen LogP contribution is -2.46. The summed E-state index contributed by atoms with van der Waals surface area (Å²) in [5.41, 5.74) is -1.69. The molecule has 172 valence electrons. The average molecular weight is 452 g/mol. The fourth-order valence-corrected chi connectivity index (χ4v) is 4.45. The maximum Gasteiger partial charge on any atom is 0.294 e. The van der Waals surface area contributed by atoms with E-state index in [-0.39, 0.29) is 17.9 Å². The number of hydrogen-bond acceptors (Lipinski definition) is 6. The van der Waals surface area contributed by atoms with E-state index >= 15 is 0 Å². The lowest BCUT2D eigenvalue weighted by atomic mass is 9.74. The Morgan fingerprint density at radius 2 is 1.87 bits per heavy atom. The average Bonchev–Trinajstić information content (AvgIpc) is 3.17. The molecule has 0 amide bonds. The minimum absolute atomic E-state index is 0.119. The number of benzene rings is 1. The first kappa shape index (κ1) is 24.9. The van der Waals surface area contributed by atoms with Crippen molar-refractivity contribution in [1.82, 2.24) is 5.32 Å². The van der Waals surface area contributed by atoms with Gasteiger partial charge in [0.1, 0.15) is 5.75 Å². The molecule has 0 bridgehead atoms. The molecule has 0 saturated carbocycles. The first-order chi connectivity index (χ1) is 13.7. The van der Waals surface area contributed by atoms with Crippen LogP contribution in [0.3, 0.4) is 0 Å². The molecule has 3 rings (SSSR count). The van der Waals surface area contributed by atoms with Crippen molar-refractivity contribution in [2.75, 3.05) is 27.3 Å². The number of nitrogens with one attached hydrogen (secondary N) is 1. The second-order valence-corrected chi connectivity index (χ2v) is 10.2. The molecule has 1 unspecified atom stereocenters. The highest BCUT2D eigenvalue weighted by molar-refractivity contribution is 7.85. The molecule has 0 spiro atoms. The fraction of sp³-hybridized carbons (Fsp3) is 0.700. The number of rotatable bonds is 5. The zero-order valence-corrected chi connectivity index (χ0v) is 19.0. The van der Waals surface area contributed by atoms with Crippen molar-refractivity contribution in [3.8, 4) is 5.75 Å². The molecule has 1 fully saturated rings. The van der Waals surface area contributed by atoms with Gasteiger partial charge in [0.2, 0.25) is 0 Å². The van der Waals surface area contributed by atoms with Crippen molar-refractivity contribution in [1.29, 1.82) is 0 Å². The summed E-state index contributed by atoms with van der Waals surface area (Å²) in [6.45, 7) is 6.67. The predicted octanol–water partition coefficient (Wildman–Crippen LogP) is 3.16. The highest BCUT2D eigenvalue weighted by atomic mass is 32.2. The SMILES string of the molecule is CC1(C)OCC(CC(C)(C)c2cc(S(=O)(=O)O)cc3c2OCC3)(C(F)F)O1.CNC. The summed E-state index contributed by atoms with van der Waals surface area (Å²) in [6.07, 6.45) is -2.43. The first-order valence-corrected chi connectivity index (χ1v) is 11.1. The standard InChI is InChI=1S/C18H24F2O6S.C2H7N/c1-16(2,9-18(15(19)20)10-25-17(3,4)26-18)13-8-12(27(21,22)23)7-11-5-6-24-14(11)13;1-3-2/h7-8,15H,5-6,9-10H2,1-4H3,(H,21,22,23);3H,1-2H3. The normalized spacial score (nSPS) is 23.0. The molecular formula is C20H31F2NO6S. The van der Waals surface area contributed by atoms with Gasteiger partial charge in [-0.3, -0.25) is 4.55 Å². The van der Waals surface area contributed by atoms with Crippen LogP contribution >= 0.6 is 0 Å². The third kappa shape index (κ3) is 5.28. The van der Waals surface area contributed by atoms with E-state index in [4.69, 9.17) is 14.2 Å². The Kier molecular flexibility index (Phi) is 7.20. The molecule has 0 aromatic heterocycles. The Morgan fingerprint density at radius 3 is 2.33 bits per heavy atom. The summed E-state index contributed by atoms with van der Waals surface area (Å²) in [4.78, 5) is -0.273. The molecule has 1 atom stereocenters.